The normalized spacial score (nSPS) is 20.1. The van der Waals surface area contributed by atoms with Crippen LogP contribution in [0.15, 0.2) is 6.08 Å². The standard InChI is InChI=1S/C17H27ClN3O3S.ClHO/c1-4-5-6-7-11-23-16-15(19-25-20-16)14-9-8-10-21(3,12-14)13(2)24-17(18)22;1-2/h9,13H,4-8,10-12H2,1-3H3;2H/q+1;. The van der Waals surface area contributed by atoms with Gasteiger partial charge in [-0.2, -0.15) is 4.37 Å². The van der Waals surface area contributed by atoms with Gasteiger partial charge in [-0.1, -0.05) is 32.3 Å². The fourth-order valence-electron chi connectivity index (χ4n) is 2.98. The minimum absolute atomic E-state index is 0.321. The summed E-state index contributed by atoms with van der Waals surface area (Å²) >= 11 is 10.2. The van der Waals surface area contributed by atoms with Crippen molar-refractivity contribution >= 4 is 46.2 Å². The number of nitrogens with zero attached hydrogens (tertiary/aromatic N) is 3. The van der Waals surface area contributed by atoms with E-state index in [0.29, 0.717) is 23.5 Å². The van der Waals surface area contributed by atoms with Crippen molar-refractivity contribution in [1.82, 2.24) is 8.75 Å². The van der Waals surface area contributed by atoms with E-state index in [1.165, 1.54) is 31.0 Å². The molecule has 1 N–H and O–H groups in total. The Hall–Kier alpha value is -0.930. The first-order valence-electron chi connectivity index (χ1n) is 8.98. The number of likely N-dealkylation sites (N-methyl/N-ethyl adjacent to an activating group) is 1. The molecule has 0 aliphatic carbocycles. The molecule has 2 heterocycles. The van der Waals surface area contributed by atoms with Gasteiger partial charge in [0.25, 0.3) is 5.88 Å². The maximum atomic E-state index is 11.1. The summed E-state index contributed by atoms with van der Waals surface area (Å²) in [5, 5.41) is 0. The lowest BCUT2D eigenvalue weighted by molar-refractivity contribution is -0.944. The zero-order valence-corrected chi connectivity index (χ0v) is 18.3. The van der Waals surface area contributed by atoms with Crippen LogP contribution in [0.1, 0.15) is 51.6 Å². The van der Waals surface area contributed by atoms with Crippen molar-refractivity contribution in [1.29, 1.82) is 0 Å². The number of aromatic nitrogens is 2. The van der Waals surface area contributed by atoms with Crippen LogP contribution in [0.4, 0.5) is 4.79 Å². The molecule has 0 bridgehead atoms. The van der Waals surface area contributed by atoms with Crippen LogP contribution in [0, 0.1) is 0 Å². The van der Waals surface area contributed by atoms with E-state index in [1.54, 1.807) is 0 Å². The van der Waals surface area contributed by atoms with E-state index in [9.17, 15) is 4.79 Å². The Morgan fingerprint density at radius 2 is 2.11 bits per heavy atom. The molecule has 1 aliphatic heterocycles. The van der Waals surface area contributed by atoms with Crippen LogP contribution in [-0.2, 0) is 4.74 Å². The Balaban J connectivity index is 0.00000176. The smallest absolute Gasteiger partial charge is 0.408 e. The lowest BCUT2D eigenvalue weighted by Gasteiger charge is -2.40. The summed E-state index contributed by atoms with van der Waals surface area (Å²) in [6, 6.07) is 0. The van der Waals surface area contributed by atoms with Gasteiger partial charge in [0.05, 0.1) is 43.8 Å². The lowest BCUT2D eigenvalue weighted by Crippen LogP contribution is -2.55. The summed E-state index contributed by atoms with van der Waals surface area (Å²) in [5.74, 6) is 0.614. The molecule has 0 amide bonds. The third kappa shape index (κ3) is 7.54. The van der Waals surface area contributed by atoms with Crippen molar-refractivity contribution in [2.45, 2.75) is 52.2 Å². The van der Waals surface area contributed by atoms with Crippen molar-refractivity contribution in [2.24, 2.45) is 0 Å². The molecule has 0 saturated heterocycles. The minimum atomic E-state index is -0.769. The third-order valence-electron chi connectivity index (χ3n) is 4.70. The summed E-state index contributed by atoms with van der Waals surface area (Å²) in [5.41, 5.74) is 1.13. The number of unbranched alkanes of at least 4 members (excludes halogenated alkanes) is 3. The first-order valence-corrected chi connectivity index (χ1v) is 10.4. The highest BCUT2D eigenvalue weighted by Crippen LogP contribution is 2.31. The Morgan fingerprint density at radius 1 is 1.37 bits per heavy atom. The zero-order valence-electron chi connectivity index (χ0n) is 16.0. The van der Waals surface area contributed by atoms with E-state index in [4.69, 9.17) is 25.7 Å². The molecule has 0 fully saturated rings. The maximum absolute atomic E-state index is 11.1. The van der Waals surface area contributed by atoms with Crippen molar-refractivity contribution in [3.05, 3.63) is 11.8 Å². The molecule has 2 rings (SSSR count). The molecule has 7 nitrogen and oxygen atoms in total. The predicted molar refractivity (Wildman–Crippen MR) is 108 cm³/mol. The number of carbonyl (C=O) groups is 1. The minimum Gasteiger partial charge on any atom is -0.475 e. The molecule has 0 aromatic carbocycles. The van der Waals surface area contributed by atoms with Gasteiger partial charge in [-0.25, -0.2) is 4.79 Å². The zero-order chi connectivity index (χ0) is 20.3. The number of quaternary nitrogens is 1. The van der Waals surface area contributed by atoms with Gasteiger partial charge in [0.1, 0.15) is 12.2 Å². The number of hydrogen-bond donors (Lipinski definition) is 1. The quantitative estimate of drug-likeness (QED) is 0.343. The summed E-state index contributed by atoms with van der Waals surface area (Å²) in [6.45, 7) is 6.30. The number of rotatable bonds is 9. The summed E-state index contributed by atoms with van der Waals surface area (Å²) < 4.78 is 26.8. The van der Waals surface area contributed by atoms with Gasteiger partial charge < -0.3 is 9.47 Å². The average molecular weight is 441 g/mol. The second kappa shape index (κ2) is 12.5. The van der Waals surface area contributed by atoms with Crippen molar-refractivity contribution < 1.29 is 23.4 Å². The molecule has 1 aromatic rings. The molecule has 2 atom stereocenters. The Kier molecular flexibility index (Phi) is 11.2. The molecule has 1 aromatic heterocycles. The van der Waals surface area contributed by atoms with Crippen molar-refractivity contribution in [3.63, 3.8) is 0 Å². The molecule has 0 radical (unpaired) electrons. The van der Waals surface area contributed by atoms with Crippen LogP contribution in [0.3, 0.4) is 0 Å². The van der Waals surface area contributed by atoms with E-state index in [2.05, 4.69) is 40.7 Å². The number of halogens is 2. The van der Waals surface area contributed by atoms with Gasteiger partial charge in [-0.3, -0.25) is 9.14 Å². The van der Waals surface area contributed by atoms with Gasteiger partial charge in [0.15, 0.2) is 0 Å². The molecular weight excluding hydrogens is 413 g/mol. The van der Waals surface area contributed by atoms with E-state index in [0.717, 1.165) is 30.7 Å². The van der Waals surface area contributed by atoms with Gasteiger partial charge in [-0.15, -0.1) is 4.37 Å². The van der Waals surface area contributed by atoms with Crippen LogP contribution in [0.25, 0.3) is 5.57 Å². The van der Waals surface area contributed by atoms with Gasteiger partial charge in [0, 0.05) is 30.5 Å². The molecule has 0 spiro atoms. The molecular formula is C17H28Cl2N3O4S+. The third-order valence-corrected chi connectivity index (χ3v) is 5.30. The lowest BCUT2D eigenvalue weighted by atomic mass is 10.0. The van der Waals surface area contributed by atoms with Crippen LogP contribution in [0.5, 0.6) is 5.88 Å². The summed E-state index contributed by atoms with van der Waals surface area (Å²) in [6.07, 6.45) is 7.36. The van der Waals surface area contributed by atoms with Crippen LogP contribution in [0.2, 0.25) is 0 Å². The largest absolute Gasteiger partial charge is 0.475 e. The molecule has 1 aliphatic rings. The highest BCUT2D eigenvalue weighted by molar-refractivity contribution is 6.99. The van der Waals surface area contributed by atoms with E-state index in [1.807, 2.05) is 6.92 Å². The van der Waals surface area contributed by atoms with E-state index < -0.39 is 5.43 Å². The fourth-order valence-corrected chi connectivity index (χ4v) is 3.64. The SMILES string of the molecule is CCCCCCOc1nsnc1C1=CCC[N+](C)(C(C)OC(=O)Cl)C1.OCl. The highest BCUT2D eigenvalue weighted by atomic mass is 35.5. The van der Waals surface area contributed by atoms with Crippen LogP contribution < -0.4 is 4.74 Å². The van der Waals surface area contributed by atoms with E-state index in [-0.39, 0.29) is 6.23 Å². The van der Waals surface area contributed by atoms with Crippen molar-refractivity contribution in [3.8, 4) is 5.88 Å². The Bertz CT molecular complexity index is 615. The van der Waals surface area contributed by atoms with Gasteiger partial charge >= 0.3 is 5.43 Å². The number of ether oxygens (including phenoxy) is 2. The molecule has 27 heavy (non-hydrogen) atoms. The molecule has 2 unspecified atom stereocenters. The number of hydrogen-bond acceptors (Lipinski definition) is 7. The fraction of sp³-hybridized carbons (Fsp3) is 0.706. The summed E-state index contributed by atoms with van der Waals surface area (Å²) in [7, 11) is 2.06. The van der Waals surface area contributed by atoms with Crippen LogP contribution >= 0.6 is 35.2 Å². The molecule has 154 valence electrons. The van der Waals surface area contributed by atoms with Gasteiger partial charge in [0.2, 0.25) is 6.23 Å². The monoisotopic (exact) mass is 440 g/mol. The van der Waals surface area contributed by atoms with Crippen molar-refractivity contribution in [2.75, 3.05) is 26.7 Å². The first-order chi connectivity index (χ1) is 13.0. The highest BCUT2D eigenvalue weighted by Gasteiger charge is 2.36. The topological polar surface area (TPSA) is 81.5 Å². The second-order valence-corrected chi connectivity index (χ2v) is 7.50. The Labute approximate surface area is 175 Å². The number of carbonyl (C=O) groups excluding carboxylic acids is 1. The summed E-state index contributed by atoms with van der Waals surface area (Å²) in [4.78, 5) is 11.1. The second-order valence-electron chi connectivity index (χ2n) is 6.66. The average Bonchev–Trinajstić information content (AvgIpc) is 3.11. The predicted octanol–water partition coefficient (Wildman–Crippen LogP) is 4.58. The van der Waals surface area contributed by atoms with E-state index >= 15 is 0 Å². The van der Waals surface area contributed by atoms with Gasteiger partial charge in [-0.05, 0) is 6.42 Å². The van der Waals surface area contributed by atoms with Crippen LogP contribution in [-0.4, -0.2) is 56.3 Å². The Morgan fingerprint density at radius 3 is 2.78 bits per heavy atom. The molecule has 0 saturated carbocycles. The first kappa shape index (κ1) is 24.1. The maximum Gasteiger partial charge on any atom is 0.408 e. The molecule has 10 heteroatoms.